The van der Waals surface area contributed by atoms with Gasteiger partial charge in [-0.1, -0.05) is 0 Å². The molecule has 0 saturated carbocycles. The highest BCUT2D eigenvalue weighted by molar-refractivity contribution is 6.21. The number of hydrogen-bond donors (Lipinski definition) is 3. The highest BCUT2D eigenvalue weighted by atomic mass is 16.4. The van der Waals surface area contributed by atoms with Crippen molar-refractivity contribution >= 4 is 29.3 Å². The van der Waals surface area contributed by atoms with Gasteiger partial charge in [-0.05, 0) is 24.3 Å². The number of aliphatic carboxylic acids is 1. The molecule has 1 aliphatic rings. The van der Waals surface area contributed by atoms with Crippen molar-refractivity contribution < 1.29 is 19.5 Å². The maximum atomic E-state index is 11.9. The number of carboxylic acid groups (broad SMARTS) is 1. The Bertz CT molecular complexity index is 512. The Morgan fingerprint density at radius 3 is 2.50 bits per heavy atom. The van der Waals surface area contributed by atoms with Gasteiger partial charge in [-0.25, -0.2) is 9.69 Å². The van der Waals surface area contributed by atoms with Gasteiger partial charge < -0.3 is 16.2 Å². The van der Waals surface area contributed by atoms with E-state index in [9.17, 15) is 14.4 Å². The fourth-order valence-electron chi connectivity index (χ4n) is 1.71. The summed E-state index contributed by atoms with van der Waals surface area (Å²) in [6.45, 7) is 0. The molecule has 1 aromatic rings. The van der Waals surface area contributed by atoms with E-state index >= 15 is 0 Å². The lowest BCUT2D eigenvalue weighted by molar-refractivity contribution is -0.139. The average Bonchev–Trinajstić information content (AvgIpc) is 2.55. The fraction of sp³-hybridized carbons (Fsp3) is 0.182. The number of imide groups is 1. The number of anilines is 2. The summed E-state index contributed by atoms with van der Waals surface area (Å²) in [5.74, 6) is -1.72. The Morgan fingerprint density at radius 1 is 1.33 bits per heavy atom. The lowest BCUT2D eigenvalue weighted by Crippen LogP contribution is -2.32. The molecule has 1 aromatic carbocycles. The van der Waals surface area contributed by atoms with Gasteiger partial charge in [0.25, 0.3) is 5.91 Å². The van der Waals surface area contributed by atoms with Crippen LogP contribution in [0, 0.1) is 0 Å². The van der Waals surface area contributed by atoms with E-state index in [1.54, 1.807) is 12.1 Å². The van der Waals surface area contributed by atoms with Crippen molar-refractivity contribution in [1.82, 2.24) is 5.32 Å². The second-order valence-corrected chi connectivity index (χ2v) is 3.87. The van der Waals surface area contributed by atoms with Crippen molar-refractivity contribution in [1.29, 1.82) is 0 Å². The number of carbonyl (C=O) groups excluding carboxylic acids is 2. The van der Waals surface area contributed by atoms with E-state index in [1.165, 1.54) is 12.1 Å². The summed E-state index contributed by atoms with van der Waals surface area (Å²) in [5, 5.41) is 11.0. The van der Waals surface area contributed by atoms with Crippen LogP contribution in [0.5, 0.6) is 0 Å². The lowest BCUT2D eigenvalue weighted by atomic mass is 10.2. The molecule has 1 aliphatic heterocycles. The van der Waals surface area contributed by atoms with Crippen LogP contribution in [0.15, 0.2) is 24.3 Å². The standard InChI is InChI=1S/C11H11N3O4/c12-6-1-3-7(4-2-6)14-10(17)8(5-9(15)16)13-11(14)18/h1-4,8H,5,12H2,(H,13,18)(H,15,16). The van der Waals surface area contributed by atoms with E-state index in [1.807, 2.05) is 0 Å². The predicted molar refractivity (Wildman–Crippen MR) is 62.9 cm³/mol. The number of hydrogen-bond acceptors (Lipinski definition) is 4. The number of amides is 3. The topological polar surface area (TPSA) is 113 Å². The van der Waals surface area contributed by atoms with Crippen LogP contribution in [-0.4, -0.2) is 29.1 Å². The normalized spacial score (nSPS) is 18.9. The van der Waals surface area contributed by atoms with Crippen LogP contribution in [0.2, 0.25) is 0 Å². The zero-order chi connectivity index (χ0) is 13.3. The highest BCUT2D eigenvalue weighted by Gasteiger charge is 2.39. The smallest absolute Gasteiger partial charge is 0.329 e. The molecule has 4 N–H and O–H groups in total. The van der Waals surface area contributed by atoms with Crippen LogP contribution in [0.4, 0.5) is 16.2 Å². The molecule has 1 atom stereocenters. The van der Waals surface area contributed by atoms with Gasteiger partial charge in [-0.2, -0.15) is 0 Å². The van der Waals surface area contributed by atoms with Crippen LogP contribution in [0.25, 0.3) is 0 Å². The summed E-state index contributed by atoms with van der Waals surface area (Å²) in [6, 6.07) is 4.51. The molecule has 0 radical (unpaired) electrons. The van der Waals surface area contributed by atoms with Gasteiger partial charge in [0.05, 0.1) is 12.1 Å². The van der Waals surface area contributed by atoms with Crippen molar-refractivity contribution in [3.05, 3.63) is 24.3 Å². The maximum absolute atomic E-state index is 11.9. The zero-order valence-electron chi connectivity index (χ0n) is 9.29. The van der Waals surface area contributed by atoms with E-state index in [0.29, 0.717) is 11.4 Å². The SMILES string of the molecule is Nc1ccc(N2C(=O)NC(CC(=O)O)C2=O)cc1. The Hall–Kier alpha value is -2.57. The number of carboxylic acids is 1. The zero-order valence-corrected chi connectivity index (χ0v) is 9.29. The Morgan fingerprint density at radius 2 is 1.94 bits per heavy atom. The van der Waals surface area contributed by atoms with Gasteiger partial charge in [-0.3, -0.25) is 9.59 Å². The van der Waals surface area contributed by atoms with Crippen molar-refractivity contribution in [2.45, 2.75) is 12.5 Å². The van der Waals surface area contributed by atoms with Crippen molar-refractivity contribution in [2.24, 2.45) is 0 Å². The van der Waals surface area contributed by atoms with E-state index in [-0.39, 0.29) is 0 Å². The first-order valence-corrected chi connectivity index (χ1v) is 5.21. The minimum Gasteiger partial charge on any atom is -0.481 e. The Balaban J connectivity index is 2.24. The molecule has 7 heteroatoms. The summed E-state index contributed by atoms with van der Waals surface area (Å²) < 4.78 is 0. The average molecular weight is 249 g/mol. The minimum atomic E-state index is -1.15. The van der Waals surface area contributed by atoms with Gasteiger partial charge >= 0.3 is 12.0 Å². The molecule has 1 fully saturated rings. The molecule has 0 aliphatic carbocycles. The minimum absolute atomic E-state index is 0.361. The van der Waals surface area contributed by atoms with Gasteiger partial charge in [0.2, 0.25) is 0 Å². The fourth-order valence-corrected chi connectivity index (χ4v) is 1.71. The van der Waals surface area contributed by atoms with E-state index in [4.69, 9.17) is 10.8 Å². The van der Waals surface area contributed by atoms with Crippen LogP contribution in [-0.2, 0) is 9.59 Å². The summed E-state index contributed by atoms with van der Waals surface area (Å²) in [7, 11) is 0. The summed E-state index contributed by atoms with van der Waals surface area (Å²) in [6.07, 6.45) is -0.434. The third-order valence-corrected chi connectivity index (χ3v) is 2.55. The lowest BCUT2D eigenvalue weighted by Gasteiger charge is -2.12. The molecule has 1 unspecified atom stereocenters. The van der Waals surface area contributed by atoms with Gasteiger partial charge in [0.1, 0.15) is 6.04 Å². The predicted octanol–water partition coefficient (Wildman–Crippen LogP) is 0.168. The summed E-state index contributed by atoms with van der Waals surface area (Å²) in [5.41, 5.74) is 6.37. The largest absolute Gasteiger partial charge is 0.481 e. The molecular formula is C11H11N3O4. The molecule has 1 heterocycles. The summed E-state index contributed by atoms with van der Waals surface area (Å²) >= 11 is 0. The second kappa shape index (κ2) is 4.36. The number of nitrogens with two attached hydrogens (primary N) is 1. The molecule has 7 nitrogen and oxygen atoms in total. The number of nitrogen functional groups attached to an aromatic ring is 1. The molecule has 0 bridgehead atoms. The third-order valence-electron chi connectivity index (χ3n) is 2.55. The number of rotatable bonds is 3. The van der Waals surface area contributed by atoms with Gasteiger partial charge in [-0.15, -0.1) is 0 Å². The van der Waals surface area contributed by atoms with E-state index in [2.05, 4.69) is 5.32 Å². The molecule has 2 rings (SSSR count). The first-order valence-electron chi connectivity index (χ1n) is 5.21. The quantitative estimate of drug-likeness (QED) is 0.522. The first-order chi connectivity index (χ1) is 8.49. The molecule has 1 saturated heterocycles. The first kappa shape index (κ1) is 11.9. The van der Waals surface area contributed by atoms with Crippen LogP contribution in [0.1, 0.15) is 6.42 Å². The molecule has 18 heavy (non-hydrogen) atoms. The van der Waals surface area contributed by atoms with Crippen molar-refractivity contribution in [2.75, 3.05) is 10.6 Å². The third kappa shape index (κ3) is 2.10. The highest BCUT2D eigenvalue weighted by Crippen LogP contribution is 2.21. The monoisotopic (exact) mass is 249 g/mol. The van der Waals surface area contributed by atoms with Crippen LogP contribution in [0.3, 0.4) is 0 Å². The molecular weight excluding hydrogens is 238 g/mol. The molecule has 3 amide bonds. The number of carbonyl (C=O) groups is 3. The Labute approximate surface area is 102 Å². The van der Waals surface area contributed by atoms with Crippen molar-refractivity contribution in [3.63, 3.8) is 0 Å². The maximum Gasteiger partial charge on any atom is 0.329 e. The number of nitrogens with zero attached hydrogens (tertiary/aromatic N) is 1. The van der Waals surface area contributed by atoms with Crippen LogP contribution >= 0.6 is 0 Å². The van der Waals surface area contributed by atoms with Crippen LogP contribution < -0.4 is 16.0 Å². The summed E-state index contributed by atoms with van der Waals surface area (Å²) in [4.78, 5) is 35.0. The molecule has 94 valence electrons. The number of urea groups is 1. The van der Waals surface area contributed by atoms with Crippen molar-refractivity contribution in [3.8, 4) is 0 Å². The number of nitrogens with one attached hydrogen (secondary N) is 1. The second-order valence-electron chi connectivity index (χ2n) is 3.87. The van der Waals surface area contributed by atoms with E-state index in [0.717, 1.165) is 4.90 Å². The van der Waals surface area contributed by atoms with E-state index < -0.39 is 30.4 Å². The van der Waals surface area contributed by atoms with Gasteiger partial charge in [0.15, 0.2) is 0 Å². The molecule has 0 spiro atoms. The Kier molecular flexibility index (Phi) is 2.88. The number of benzene rings is 1. The molecule has 0 aromatic heterocycles. The van der Waals surface area contributed by atoms with Gasteiger partial charge in [0, 0.05) is 5.69 Å².